The van der Waals surface area contributed by atoms with E-state index in [2.05, 4.69) is 10.3 Å². The first kappa shape index (κ1) is 15.2. The molecule has 0 aliphatic heterocycles. The van der Waals surface area contributed by atoms with Gasteiger partial charge in [-0.05, 0) is 25.5 Å². The molecular formula is C15H17N3O2S. The average Bonchev–Trinajstić information content (AvgIpc) is 2.86. The summed E-state index contributed by atoms with van der Waals surface area (Å²) in [7, 11) is 0. The van der Waals surface area contributed by atoms with Crippen LogP contribution in [0.25, 0.3) is 6.08 Å². The van der Waals surface area contributed by atoms with E-state index in [-0.39, 0.29) is 11.5 Å². The predicted octanol–water partition coefficient (Wildman–Crippen LogP) is 2.68. The van der Waals surface area contributed by atoms with Gasteiger partial charge in [-0.3, -0.25) is 9.59 Å². The number of carbonyl (C=O) groups excluding carboxylic acids is 1. The highest BCUT2D eigenvalue weighted by molar-refractivity contribution is 7.09. The van der Waals surface area contributed by atoms with Crippen LogP contribution < -0.4 is 10.9 Å². The molecule has 0 bridgehead atoms. The minimum absolute atomic E-state index is 0.0664. The average molecular weight is 303 g/mol. The van der Waals surface area contributed by atoms with Crippen LogP contribution in [0.5, 0.6) is 0 Å². The maximum Gasteiger partial charge on any atom is 0.250 e. The van der Waals surface area contributed by atoms with Crippen molar-refractivity contribution in [2.45, 2.75) is 26.8 Å². The molecule has 2 aromatic rings. The summed E-state index contributed by atoms with van der Waals surface area (Å²) in [5, 5.41) is 5.58. The Hall–Kier alpha value is -2.21. The molecular weight excluding hydrogens is 286 g/mol. The van der Waals surface area contributed by atoms with E-state index in [1.165, 1.54) is 23.5 Å². The lowest BCUT2D eigenvalue weighted by molar-refractivity contribution is -0.111. The summed E-state index contributed by atoms with van der Waals surface area (Å²) >= 11 is 1.54. The molecule has 0 aliphatic rings. The van der Waals surface area contributed by atoms with Crippen LogP contribution in [0.4, 0.5) is 5.69 Å². The van der Waals surface area contributed by atoms with Gasteiger partial charge in [0.05, 0.1) is 16.4 Å². The summed E-state index contributed by atoms with van der Waals surface area (Å²) < 4.78 is 1.59. The van der Waals surface area contributed by atoms with Crippen molar-refractivity contribution in [1.82, 2.24) is 9.55 Å². The van der Waals surface area contributed by atoms with Crippen LogP contribution >= 0.6 is 11.3 Å². The lowest BCUT2D eigenvalue weighted by Gasteiger charge is -2.07. The SMILES string of the molecule is CCCn1cc(NC(=O)C=Cc2csc(C)n2)ccc1=O. The van der Waals surface area contributed by atoms with Gasteiger partial charge in [-0.15, -0.1) is 11.3 Å². The van der Waals surface area contributed by atoms with Crippen LogP contribution in [0.2, 0.25) is 0 Å². The van der Waals surface area contributed by atoms with E-state index in [1.54, 1.807) is 22.9 Å². The minimum Gasteiger partial charge on any atom is -0.321 e. The molecule has 0 fully saturated rings. The smallest absolute Gasteiger partial charge is 0.250 e. The summed E-state index contributed by atoms with van der Waals surface area (Å²) in [6, 6.07) is 3.06. The number of aryl methyl sites for hydroxylation is 2. The van der Waals surface area contributed by atoms with Crippen LogP contribution in [0.15, 0.2) is 34.6 Å². The van der Waals surface area contributed by atoms with Crippen molar-refractivity contribution in [1.29, 1.82) is 0 Å². The minimum atomic E-state index is -0.248. The summed E-state index contributed by atoms with van der Waals surface area (Å²) in [5.74, 6) is -0.248. The largest absolute Gasteiger partial charge is 0.321 e. The highest BCUT2D eigenvalue weighted by Gasteiger charge is 2.01. The van der Waals surface area contributed by atoms with E-state index in [1.807, 2.05) is 19.2 Å². The number of hydrogen-bond acceptors (Lipinski definition) is 4. The maximum atomic E-state index is 11.8. The fourth-order valence-electron chi connectivity index (χ4n) is 1.82. The molecule has 5 nitrogen and oxygen atoms in total. The topological polar surface area (TPSA) is 64.0 Å². The Balaban J connectivity index is 2.04. The molecule has 0 aromatic carbocycles. The summed E-state index contributed by atoms with van der Waals surface area (Å²) in [6.45, 7) is 4.55. The van der Waals surface area contributed by atoms with Gasteiger partial charge < -0.3 is 9.88 Å². The van der Waals surface area contributed by atoms with Gasteiger partial charge in [0, 0.05) is 30.3 Å². The van der Waals surface area contributed by atoms with Gasteiger partial charge >= 0.3 is 0 Å². The molecule has 1 N–H and O–H groups in total. The molecule has 0 atom stereocenters. The monoisotopic (exact) mass is 303 g/mol. The van der Waals surface area contributed by atoms with Crippen molar-refractivity contribution < 1.29 is 4.79 Å². The quantitative estimate of drug-likeness (QED) is 0.864. The number of carbonyl (C=O) groups is 1. The summed E-state index contributed by atoms with van der Waals surface area (Å²) in [5.41, 5.74) is 1.30. The third-order valence-electron chi connectivity index (χ3n) is 2.76. The van der Waals surface area contributed by atoms with Gasteiger partial charge in [0.1, 0.15) is 0 Å². The highest BCUT2D eigenvalue weighted by atomic mass is 32.1. The Labute approximate surface area is 127 Å². The number of nitrogens with one attached hydrogen (secondary N) is 1. The second-order valence-corrected chi connectivity index (χ2v) is 5.63. The Morgan fingerprint density at radius 1 is 1.48 bits per heavy atom. The Bertz CT molecular complexity index is 716. The molecule has 2 aromatic heterocycles. The predicted molar refractivity (Wildman–Crippen MR) is 85.5 cm³/mol. The van der Waals surface area contributed by atoms with Gasteiger partial charge in [-0.1, -0.05) is 6.92 Å². The van der Waals surface area contributed by atoms with Gasteiger partial charge in [-0.2, -0.15) is 0 Å². The maximum absolute atomic E-state index is 11.8. The van der Waals surface area contributed by atoms with E-state index in [9.17, 15) is 9.59 Å². The normalized spacial score (nSPS) is 11.0. The molecule has 2 rings (SSSR count). The van der Waals surface area contributed by atoms with Gasteiger partial charge in [0.15, 0.2) is 0 Å². The molecule has 2 heterocycles. The summed E-state index contributed by atoms with van der Waals surface area (Å²) in [6.07, 6.45) is 5.62. The first-order valence-electron chi connectivity index (χ1n) is 6.70. The van der Waals surface area contributed by atoms with Crippen molar-refractivity contribution in [3.05, 3.63) is 50.8 Å². The standard InChI is InChI=1S/C15H17N3O2S/c1-3-8-18-9-12(5-7-15(18)20)17-14(19)6-4-13-10-21-11(2)16-13/h4-7,9-10H,3,8H2,1-2H3,(H,17,19). The fraction of sp³-hybridized carbons (Fsp3) is 0.267. The Morgan fingerprint density at radius 3 is 2.95 bits per heavy atom. The molecule has 0 aliphatic carbocycles. The van der Waals surface area contributed by atoms with E-state index in [0.29, 0.717) is 12.2 Å². The van der Waals surface area contributed by atoms with Crippen molar-refractivity contribution >= 4 is 29.0 Å². The van der Waals surface area contributed by atoms with Gasteiger partial charge in [0.25, 0.3) is 5.56 Å². The number of hydrogen-bond donors (Lipinski definition) is 1. The van der Waals surface area contributed by atoms with Crippen molar-refractivity contribution in [3.8, 4) is 0 Å². The molecule has 0 saturated carbocycles. The van der Waals surface area contributed by atoms with Crippen LogP contribution in [-0.2, 0) is 11.3 Å². The lowest BCUT2D eigenvalue weighted by atomic mass is 10.3. The van der Waals surface area contributed by atoms with Crippen molar-refractivity contribution in [2.75, 3.05) is 5.32 Å². The zero-order valence-corrected chi connectivity index (χ0v) is 12.8. The highest BCUT2D eigenvalue weighted by Crippen LogP contribution is 2.09. The Kier molecular flexibility index (Phi) is 5.05. The van der Waals surface area contributed by atoms with Crippen LogP contribution in [0, 0.1) is 6.92 Å². The molecule has 0 radical (unpaired) electrons. The third-order valence-corrected chi connectivity index (χ3v) is 3.55. The number of rotatable bonds is 5. The molecule has 0 unspecified atom stereocenters. The number of amides is 1. The van der Waals surface area contributed by atoms with Crippen LogP contribution in [0.1, 0.15) is 24.0 Å². The number of pyridine rings is 1. The first-order chi connectivity index (χ1) is 10.1. The zero-order chi connectivity index (χ0) is 15.2. The molecule has 1 amide bonds. The third kappa shape index (κ3) is 4.39. The van der Waals surface area contributed by atoms with E-state index in [0.717, 1.165) is 17.1 Å². The number of nitrogens with zero attached hydrogens (tertiary/aromatic N) is 2. The molecule has 0 saturated heterocycles. The van der Waals surface area contributed by atoms with Crippen molar-refractivity contribution in [2.24, 2.45) is 0 Å². The second kappa shape index (κ2) is 6.99. The van der Waals surface area contributed by atoms with E-state index < -0.39 is 0 Å². The Morgan fingerprint density at radius 2 is 2.29 bits per heavy atom. The zero-order valence-electron chi connectivity index (χ0n) is 12.0. The number of anilines is 1. The number of aromatic nitrogens is 2. The van der Waals surface area contributed by atoms with Crippen LogP contribution in [-0.4, -0.2) is 15.5 Å². The van der Waals surface area contributed by atoms with Gasteiger partial charge in [0.2, 0.25) is 5.91 Å². The lowest BCUT2D eigenvalue weighted by Crippen LogP contribution is -2.19. The van der Waals surface area contributed by atoms with Gasteiger partial charge in [-0.25, -0.2) is 4.98 Å². The van der Waals surface area contributed by atoms with Crippen LogP contribution in [0.3, 0.4) is 0 Å². The van der Waals surface area contributed by atoms with Crippen molar-refractivity contribution in [3.63, 3.8) is 0 Å². The first-order valence-corrected chi connectivity index (χ1v) is 7.58. The molecule has 6 heteroatoms. The second-order valence-electron chi connectivity index (χ2n) is 4.56. The molecule has 21 heavy (non-hydrogen) atoms. The molecule has 0 spiro atoms. The van der Waals surface area contributed by atoms with E-state index in [4.69, 9.17) is 0 Å². The fourth-order valence-corrected chi connectivity index (χ4v) is 2.40. The van der Waals surface area contributed by atoms with E-state index >= 15 is 0 Å². The number of thiazole rings is 1. The molecule has 110 valence electrons. The summed E-state index contributed by atoms with van der Waals surface area (Å²) in [4.78, 5) is 27.7.